The molecule has 2 aromatic carbocycles. The maximum atomic E-state index is 12.7. The second-order valence-electron chi connectivity index (χ2n) is 3.91. The van der Waals surface area contributed by atoms with Gasteiger partial charge in [0.15, 0.2) is 0 Å². The van der Waals surface area contributed by atoms with Gasteiger partial charge in [0.25, 0.3) is 5.91 Å². The number of amides is 1. The molecule has 1 amide bonds. The number of carbonyl (C=O) groups is 1. The van der Waals surface area contributed by atoms with Crippen LogP contribution in [0.1, 0.15) is 15.9 Å². The minimum atomic E-state index is -0.594. The lowest BCUT2D eigenvalue weighted by Crippen LogP contribution is -2.17. The van der Waals surface area contributed by atoms with Crippen molar-refractivity contribution in [1.29, 1.82) is 0 Å². The Morgan fingerprint density at radius 3 is 2.65 bits per heavy atom. The Morgan fingerprint density at radius 2 is 1.95 bits per heavy atom. The number of rotatable bonds is 3. The van der Waals surface area contributed by atoms with Crippen molar-refractivity contribution in [1.82, 2.24) is 5.43 Å². The first-order chi connectivity index (χ1) is 9.56. The van der Waals surface area contributed by atoms with Crippen LogP contribution in [0.2, 0.25) is 5.02 Å². The molecule has 0 aromatic heterocycles. The van der Waals surface area contributed by atoms with E-state index in [4.69, 9.17) is 11.6 Å². The molecule has 2 aromatic rings. The van der Waals surface area contributed by atoms with Gasteiger partial charge in [-0.05, 0) is 35.9 Å². The molecule has 4 nitrogen and oxygen atoms in total. The molecule has 0 unspecified atom stereocenters. The Hall–Kier alpha value is -2.40. The number of halogens is 2. The number of nitrogens with zero attached hydrogens (tertiary/aromatic N) is 1. The van der Waals surface area contributed by atoms with E-state index in [9.17, 15) is 14.3 Å². The van der Waals surface area contributed by atoms with Crippen molar-refractivity contribution >= 4 is 23.7 Å². The Morgan fingerprint density at radius 1 is 1.25 bits per heavy atom. The van der Waals surface area contributed by atoms with E-state index in [1.54, 1.807) is 0 Å². The van der Waals surface area contributed by atoms with Crippen molar-refractivity contribution in [2.24, 2.45) is 5.10 Å². The predicted molar refractivity (Wildman–Crippen MR) is 74.6 cm³/mol. The molecule has 0 bridgehead atoms. The summed E-state index contributed by atoms with van der Waals surface area (Å²) in [5.41, 5.74) is 2.90. The van der Waals surface area contributed by atoms with Gasteiger partial charge in [0.2, 0.25) is 0 Å². The minimum Gasteiger partial charge on any atom is -0.507 e. The zero-order valence-electron chi connectivity index (χ0n) is 10.2. The topological polar surface area (TPSA) is 61.7 Å². The summed E-state index contributed by atoms with van der Waals surface area (Å²) >= 11 is 5.74. The van der Waals surface area contributed by atoms with Gasteiger partial charge in [0.1, 0.15) is 11.6 Å². The normalized spacial score (nSPS) is 10.7. The van der Waals surface area contributed by atoms with Crippen LogP contribution in [-0.4, -0.2) is 17.2 Å². The number of hydrogen-bond acceptors (Lipinski definition) is 3. The third-order valence-electron chi connectivity index (χ3n) is 2.45. The Bertz CT molecular complexity index is 657. The van der Waals surface area contributed by atoms with Crippen LogP contribution in [-0.2, 0) is 0 Å². The van der Waals surface area contributed by atoms with E-state index in [1.807, 2.05) is 0 Å². The molecule has 20 heavy (non-hydrogen) atoms. The van der Waals surface area contributed by atoms with Gasteiger partial charge in [0, 0.05) is 5.02 Å². The maximum Gasteiger partial charge on any atom is 0.275 e. The van der Waals surface area contributed by atoms with Crippen molar-refractivity contribution in [2.45, 2.75) is 0 Å². The average molecular weight is 293 g/mol. The zero-order chi connectivity index (χ0) is 14.5. The van der Waals surface area contributed by atoms with E-state index < -0.39 is 5.91 Å². The average Bonchev–Trinajstić information content (AvgIpc) is 2.43. The van der Waals surface area contributed by atoms with E-state index in [-0.39, 0.29) is 17.1 Å². The zero-order valence-corrected chi connectivity index (χ0v) is 10.9. The van der Waals surface area contributed by atoms with Gasteiger partial charge in [0.05, 0.1) is 11.8 Å². The highest BCUT2D eigenvalue weighted by Gasteiger charge is 2.10. The standard InChI is InChI=1S/C14H10ClFN2O2/c15-10-3-6-13(19)12(7-10)14(20)18-17-8-9-1-4-11(16)5-2-9/h1-8,19H,(H,18,20)/b17-8+. The smallest absolute Gasteiger partial charge is 0.275 e. The van der Waals surface area contributed by atoms with Crippen LogP contribution in [0.15, 0.2) is 47.6 Å². The molecule has 0 spiro atoms. The fraction of sp³-hybridized carbons (Fsp3) is 0. The molecule has 102 valence electrons. The van der Waals surface area contributed by atoms with E-state index in [0.29, 0.717) is 10.6 Å². The number of phenols is 1. The third-order valence-corrected chi connectivity index (χ3v) is 2.69. The first-order valence-electron chi connectivity index (χ1n) is 5.64. The molecular formula is C14H10ClFN2O2. The summed E-state index contributed by atoms with van der Waals surface area (Å²) in [5.74, 6) is -1.14. The quantitative estimate of drug-likeness (QED) is 0.675. The highest BCUT2D eigenvalue weighted by Crippen LogP contribution is 2.21. The monoisotopic (exact) mass is 292 g/mol. The Balaban J connectivity index is 2.05. The minimum absolute atomic E-state index is 0.0220. The van der Waals surface area contributed by atoms with Crippen molar-refractivity contribution < 1.29 is 14.3 Å². The molecule has 0 fully saturated rings. The molecule has 0 saturated carbocycles. The lowest BCUT2D eigenvalue weighted by Gasteiger charge is -2.03. The first-order valence-corrected chi connectivity index (χ1v) is 6.01. The number of hydrogen-bond donors (Lipinski definition) is 2. The fourth-order valence-corrected chi connectivity index (χ4v) is 1.64. The van der Waals surface area contributed by atoms with Crippen molar-refractivity contribution in [2.75, 3.05) is 0 Å². The largest absolute Gasteiger partial charge is 0.507 e. The Labute approximate surface area is 119 Å². The highest BCUT2D eigenvalue weighted by molar-refractivity contribution is 6.31. The summed E-state index contributed by atoms with van der Waals surface area (Å²) in [7, 11) is 0. The van der Waals surface area contributed by atoms with Crippen LogP contribution >= 0.6 is 11.6 Å². The molecule has 0 atom stereocenters. The number of hydrazone groups is 1. The third kappa shape index (κ3) is 3.55. The van der Waals surface area contributed by atoms with Gasteiger partial charge in [-0.25, -0.2) is 9.82 Å². The maximum absolute atomic E-state index is 12.7. The molecule has 0 aliphatic rings. The molecule has 0 aliphatic carbocycles. The molecular weight excluding hydrogens is 283 g/mol. The lowest BCUT2D eigenvalue weighted by atomic mass is 10.2. The summed E-state index contributed by atoms with van der Waals surface area (Å²) in [6.45, 7) is 0. The molecule has 2 N–H and O–H groups in total. The van der Waals surface area contributed by atoms with Crippen LogP contribution < -0.4 is 5.43 Å². The van der Waals surface area contributed by atoms with E-state index in [0.717, 1.165) is 0 Å². The summed E-state index contributed by atoms with van der Waals surface area (Å²) in [4.78, 5) is 11.8. The SMILES string of the molecule is O=C(N/N=C/c1ccc(F)cc1)c1cc(Cl)ccc1O. The van der Waals surface area contributed by atoms with Gasteiger partial charge in [-0.2, -0.15) is 5.10 Å². The van der Waals surface area contributed by atoms with Gasteiger partial charge < -0.3 is 5.11 Å². The van der Waals surface area contributed by atoms with Gasteiger partial charge in [-0.1, -0.05) is 23.7 Å². The first kappa shape index (κ1) is 14.0. The van der Waals surface area contributed by atoms with Crippen molar-refractivity contribution in [3.63, 3.8) is 0 Å². The number of carbonyl (C=O) groups excluding carboxylic acids is 1. The number of phenolic OH excluding ortho intramolecular Hbond substituents is 1. The molecule has 0 aliphatic heterocycles. The fourth-order valence-electron chi connectivity index (χ4n) is 1.46. The summed E-state index contributed by atoms with van der Waals surface area (Å²) < 4.78 is 12.7. The summed E-state index contributed by atoms with van der Waals surface area (Å²) in [6, 6.07) is 9.72. The van der Waals surface area contributed by atoms with Crippen molar-refractivity contribution in [3.05, 3.63) is 64.4 Å². The molecule has 2 rings (SSSR count). The van der Waals surface area contributed by atoms with E-state index in [2.05, 4.69) is 10.5 Å². The molecule has 6 heteroatoms. The highest BCUT2D eigenvalue weighted by atomic mass is 35.5. The van der Waals surface area contributed by atoms with E-state index >= 15 is 0 Å². The lowest BCUT2D eigenvalue weighted by molar-refractivity contribution is 0.0952. The molecule has 0 heterocycles. The second kappa shape index (κ2) is 6.16. The van der Waals surface area contributed by atoms with Crippen LogP contribution in [0.25, 0.3) is 0 Å². The number of benzene rings is 2. The van der Waals surface area contributed by atoms with Gasteiger partial charge >= 0.3 is 0 Å². The summed E-state index contributed by atoms with van der Waals surface area (Å²) in [5, 5.41) is 13.6. The van der Waals surface area contributed by atoms with Crippen LogP contribution in [0.3, 0.4) is 0 Å². The number of nitrogens with one attached hydrogen (secondary N) is 1. The van der Waals surface area contributed by atoms with Crippen LogP contribution in [0, 0.1) is 5.82 Å². The van der Waals surface area contributed by atoms with Crippen molar-refractivity contribution in [3.8, 4) is 5.75 Å². The predicted octanol–water partition coefficient (Wildman–Crippen LogP) is 2.95. The summed E-state index contributed by atoms with van der Waals surface area (Å²) in [6.07, 6.45) is 1.36. The second-order valence-corrected chi connectivity index (χ2v) is 4.35. The van der Waals surface area contributed by atoms with E-state index in [1.165, 1.54) is 48.7 Å². The van der Waals surface area contributed by atoms with Gasteiger partial charge in [-0.3, -0.25) is 4.79 Å². The van der Waals surface area contributed by atoms with Crippen LogP contribution in [0.4, 0.5) is 4.39 Å². The Kier molecular flexibility index (Phi) is 4.32. The van der Waals surface area contributed by atoms with Crippen LogP contribution in [0.5, 0.6) is 5.75 Å². The molecule has 0 saturated heterocycles. The van der Waals surface area contributed by atoms with Gasteiger partial charge in [-0.15, -0.1) is 0 Å². The number of aromatic hydroxyl groups is 1. The molecule has 0 radical (unpaired) electrons.